The third-order valence-corrected chi connectivity index (χ3v) is 6.24. The lowest BCUT2D eigenvalue weighted by Gasteiger charge is -2.27. The van der Waals surface area contributed by atoms with E-state index in [0.717, 1.165) is 0 Å². The number of aliphatic imine (C=N–C) groups is 1. The molecule has 1 aromatic carbocycles. The van der Waals surface area contributed by atoms with Crippen LogP contribution in [0.3, 0.4) is 0 Å². The molecule has 0 aromatic heterocycles. The van der Waals surface area contributed by atoms with Crippen molar-refractivity contribution in [1.82, 2.24) is 0 Å². The Bertz CT molecular complexity index is 1140. The van der Waals surface area contributed by atoms with Crippen molar-refractivity contribution in [2.24, 2.45) is 4.99 Å². The summed E-state index contributed by atoms with van der Waals surface area (Å²) in [4.78, 5) is 17.5. The molecule has 12 heteroatoms. The first kappa shape index (κ1) is 28.5. The van der Waals surface area contributed by atoms with Crippen LogP contribution in [0.1, 0.15) is 42.6 Å². The van der Waals surface area contributed by atoms with Crippen molar-refractivity contribution in [3.8, 4) is 0 Å². The maximum atomic E-state index is 11.5. The molecule has 1 rings (SSSR count). The Morgan fingerprint density at radius 2 is 1.67 bits per heavy atom. The molecule has 0 saturated carbocycles. The molecule has 0 atom stereocenters. The highest BCUT2D eigenvalue weighted by Gasteiger charge is 2.17. The molecule has 0 saturated heterocycles. The third kappa shape index (κ3) is 11.2. The van der Waals surface area contributed by atoms with E-state index >= 15 is 0 Å². The highest BCUT2D eigenvalue weighted by atomic mass is 32.2. The highest BCUT2D eigenvalue weighted by molar-refractivity contribution is 7.86. The summed E-state index contributed by atoms with van der Waals surface area (Å²) in [5, 5.41) is 9.41. The fourth-order valence-corrected chi connectivity index (χ4v) is 4.00. The lowest BCUT2D eigenvalue weighted by atomic mass is 10.1. The Balaban J connectivity index is 3.07. The topological polar surface area (TPSA) is 162 Å². The summed E-state index contributed by atoms with van der Waals surface area (Å²) in [6.45, 7) is 5.64. The first-order chi connectivity index (χ1) is 15.2. The maximum Gasteiger partial charge on any atom is 0.336 e. The highest BCUT2D eigenvalue weighted by Crippen LogP contribution is 2.27. The molecule has 0 aliphatic rings. The van der Waals surface area contributed by atoms with Gasteiger partial charge in [0.15, 0.2) is 0 Å². The van der Waals surface area contributed by atoms with Gasteiger partial charge in [-0.05, 0) is 63.5 Å². The second-order valence-corrected chi connectivity index (χ2v) is 10.5. The summed E-state index contributed by atoms with van der Waals surface area (Å²) in [5.41, 5.74) is 2.58. The lowest BCUT2D eigenvalue weighted by Crippen LogP contribution is -2.25. The average molecular weight is 503 g/mol. The van der Waals surface area contributed by atoms with Crippen LogP contribution >= 0.6 is 0 Å². The molecule has 0 spiro atoms. The van der Waals surface area contributed by atoms with Gasteiger partial charge in [-0.3, -0.25) is 14.1 Å². The van der Waals surface area contributed by atoms with E-state index in [1.165, 1.54) is 6.07 Å². The molecule has 0 radical (unpaired) electrons. The van der Waals surface area contributed by atoms with Gasteiger partial charge in [-0.15, -0.1) is 0 Å². The van der Waals surface area contributed by atoms with Gasteiger partial charge in [0.25, 0.3) is 20.2 Å². The monoisotopic (exact) mass is 502 g/mol. The zero-order valence-corrected chi connectivity index (χ0v) is 20.4. The van der Waals surface area contributed by atoms with Gasteiger partial charge in [0, 0.05) is 30.2 Å². The van der Waals surface area contributed by atoms with E-state index in [1.807, 2.05) is 0 Å². The van der Waals surface area contributed by atoms with Crippen LogP contribution < -0.4 is 4.90 Å². The summed E-state index contributed by atoms with van der Waals surface area (Å²) in [5.74, 6) is -1.87. The van der Waals surface area contributed by atoms with Crippen LogP contribution in [0.15, 0.2) is 47.1 Å². The van der Waals surface area contributed by atoms with Crippen LogP contribution in [-0.2, 0) is 20.2 Å². The molecule has 1 aromatic rings. The van der Waals surface area contributed by atoms with Crippen molar-refractivity contribution in [3.63, 3.8) is 0 Å². The Kier molecular flexibility index (Phi) is 10.9. The quantitative estimate of drug-likeness (QED) is 0.159. The largest absolute Gasteiger partial charge is 0.478 e. The zero-order chi connectivity index (χ0) is 25.2. The molecular weight excluding hydrogens is 472 g/mol. The first-order valence-electron chi connectivity index (χ1n) is 10.1. The SMILES string of the molecule is CC(/C=C/C=C(\C)N(CCCS(=O)(=O)O)c1cccc(C(=O)O)c1C)=NCCCS(=O)(=O)O. The Labute approximate surface area is 194 Å². The first-order valence-corrected chi connectivity index (χ1v) is 13.3. The Hall–Kier alpha value is -2.54. The van der Waals surface area contributed by atoms with Crippen LogP contribution in [0.5, 0.6) is 0 Å². The Morgan fingerprint density at radius 1 is 1.06 bits per heavy atom. The minimum atomic E-state index is -4.13. The van der Waals surface area contributed by atoms with Gasteiger partial charge >= 0.3 is 5.97 Å². The standard InChI is InChI=1S/C21H30N2O8S2/c1-16(22-12-6-14-32(26,27)28)8-4-9-17(2)23(13-7-15-33(29,30)31)20-11-5-10-19(18(20)3)21(24)25/h4-5,8-11H,6-7,12-15H2,1-3H3,(H,24,25)(H,26,27,28)(H,29,30,31)/b8-4+,17-9+,22-16?. The molecule has 33 heavy (non-hydrogen) atoms. The summed E-state index contributed by atoms with van der Waals surface area (Å²) < 4.78 is 61.4. The molecule has 0 aliphatic carbocycles. The van der Waals surface area contributed by atoms with E-state index in [-0.39, 0.29) is 37.2 Å². The predicted molar refractivity (Wildman–Crippen MR) is 128 cm³/mol. The fourth-order valence-electron chi connectivity index (χ4n) is 3.01. The van der Waals surface area contributed by atoms with Gasteiger partial charge in [-0.2, -0.15) is 16.8 Å². The van der Waals surface area contributed by atoms with Crippen LogP contribution in [-0.4, -0.2) is 67.3 Å². The smallest absolute Gasteiger partial charge is 0.336 e. The van der Waals surface area contributed by atoms with E-state index in [0.29, 0.717) is 22.7 Å². The van der Waals surface area contributed by atoms with Crippen molar-refractivity contribution in [3.05, 3.63) is 53.3 Å². The average Bonchev–Trinajstić information content (AvgIpc) is 2.67. The number of rotatable bonds is 13. The lowest BCUT2D eigenvalue weighted by molar-refractivity contribution is 0.0696. The molecule has 0 bridgehead atoms. The predicted octanol–water partition coefficient (Wildman–Crippen LogP) is 2.98. The van der Waals surface area contributed by atoms with Crippen molar-refractivity contribution < 1.29 is 35.8 Å². The number of benzene rings is 1. The van der Waals surface area contributed by atoms with E-state index in [9.17, 15) is 26.7 Å². The number of carbonyl (C=O) groups is 1. The second-order valence-electron chi connectivity index (χ2n) is 7.38. The number of nitrogens with zero attached hydrogens (tertiary/aromatic N) is 2. The van der Waals surface area contributed by atoms with Crippen molar-refractivity contribution >= 4 is 37.6 Å². The zero-order valence-electron chi connectivity index (χ0n) is 18.8. The van der Waals surface area contributed by atoms with Crippen LogP contribution in [0.25, 0.3) is 0 Å². The fraction of sp³-hybridized carbons (Fsp3) is 0.429. The number of anilines is 1. The number of aromatic carboxylic acids is 1. The van der Waals surface area contributed by atoms with E-state index in [1.54, 1.807) is 56.0 Å². The number of hydrogen-bond donors (Lipinski definition) is 3. The molecule has 184 valence electrons. The Morgan fingerprint density at radius 3 is 2.24 bits per heavy atom. The minimum Gasteiger partial charge on any atom is -0.478 e. The van der Waals surface area contributed by atoms with Crippen molar-refractivity contribution in [1.29, 1.82) is 0 Å². The molecule has 0 unspecified atom stereocenters. The normalized spacial score (nSPS) is 13.5. The third-order valence-electron chi connectivity index (χ3n) is 4.63. The van der Waals surface area contributed by atoms with Crippen LogP contribution in [0.4, 0.5) is 5.69 Å². The van der Waals surface area contributed by atoms with E-state index in [2.05, 4.69) is 4.99 Å². The van der Waals surface area contributed by atoms with Crippen LogP contribution in [0.2, 0.25) is 0 Å². The van der Waals surface area contributed by atoms with Gasteiger partial charge in [-0.1, -0.05) is 12.1 Å². The molecule has 0 aliphatic heterocycles. The number of carboxylic acid groups (broad SMARTS) is 1. The molecule has 3 N–H and O–H groups in total. The molecule has 0 heterocycles. The van der Waals surface area contributed by atoms with Gasteiger partial charge in [0.05, 0.1) is 17.1 Å². The second kappa shape index (κ2) is 12.6. The van der Waals surface area contributed by atoms with E-state index < -0.39 is 32.0 Å². The molecular formula is C21H30N2O8S2. The molecule has 0 fully saturated rings. The van der Waals surface area contributed by atoms with Gasteiger partial charge in [0.1, 0.15) is 0 Å². The van der Waals surface area contributed by atoms with Crippen molar-refractivity contribution in [2.45, 2.75) is 33.6 Å². The summed E-state index contributed by atoms with van der Waals surface area (Å²) >= 11 is 0. The van der Waals surface area contributed by atoms with Crippen LogP contribution in [0, 0.1) is 6.92 Å². The molecule has 10 nitrogen and oxygen atoms in total. The minimum absolute atomic E-state index is 0.124. The van der Waals surface area contributed by atoms with E-state index in [4.69, 9.17) is 9.11 Å². The van der Waals surface area contributed by atoms with Gasteiger partial charge in [0.2, 0.25) is 0 Å². The van der Waals surface area contributed by atoms with Gasteiger partial charge in [-0.25, -0.2) is 4.79 Å². The van der Waals surface area contributed by atoms with Gasteiger partial charge < -0.3 is 10.0 Å². The number of hydrogen-bond acceptors (Lipinski definition) is 7. The maximum absolute atomic E-state index is 11.5. The number of carboxylic acids is 1. The number of allylic oxidation sites excluding steroid dienone is 4. The van der Waals surface area contributed by atoms with Crippen molar-refractivity contribution in [2.75, 3.05) is 29.5 Å². The molecule has 0 amide bonds. The summed E-state index contributed by atoms with van der Waals surface area (Å²) in [7, 11) is -8.14. The summed E-state index contributed by atoms with van der Waals surface area (Å²) in [6, 6.07) is 4.82. The summed E-state index contributed by atoms with van der Waals surface area (Å²) in [6.07, 6.45) is 5.48.